The molecule has 0 aliphatic rings. The van der Waals surface area contributed by atoms with Crippen LogP contribution in [0.1, 0.15) is 0 Å². The van der Waals surface area contributed by atoms with Gasteiger partial charge in [0.05, 0.1) is 0 Å². The van der Waals surface area contributed by atoms with Crippen molar-refractivity contribution >= 4 is 34.2 Å². The first kappa shape index (κ1) is 10.0. The van der Waals surface area contributed by atoms with Crippen molar-refractivity contribution in [2.75, 3.05) is 13.9 Å². The minimum Gasteiger partial charge on any atom is -0.464 e. The third-order valence-electron chi connectivity index (χ3n) is 1.11. The topological polar surface area (TPSA) is 31.4 Å². The van der Waals surface area contributed by atoms with E-state index in [1.165, 1.54) is 0 Å². The van der Waals surface area contributed by atoms with E-state index in [0.717, 1.165) is 3.70 Å². The number of nitrogens with zero attached hydrogens (tertiary/aromatic N) is 1. The van der Waals surface area contributed by atoms with E-state index in [9.17, 15) is 0 Å². The van der Waals surface area contributed by atoms with Gasteiger partial charge in [0.1, 0.15) is 3.70 Å². The molecule has 3 nitrogen and oxygen atoms in total. The van der Waals surface area contributed by atoms with Crippen LogP contribution < -0.4 is 4.74 Å². The minimum atomic E-state index is 0.183. The molecule has 0 aliphatic carbocycles. The van der Waals surface area contributed by atoms with E-state index in [2.05, 4.69) is 27.6 Å². The molecule has 0 N–H and O–H groups in total. The van der Waals surface area contributed by atoms with Crippen LogP contribution in [0.3, 0.4) is 0 Å². The molecule has 5 heteroatoms. The van der Waals surface area contributed by atoms with Crippen molar-refractivity contribution in [3.63, 3.8) is 0 Å². The second-order valence-electron chi connectivity index (χ2n) is 1.97. The van der Waals surface area contributed by atoms with Gasteiger partial charge in [-0.05, 0) is 34.7 Å². The fourth-order valence-corrected chi connectivity index (χ4v) is 1.40. The molecule has 0 aliphatic heterocycles. The number of hydrogen-bond acceptors (Lipinski definition) is 3. The molecule has 0 radical (unpaired) electrons. The van der Waals surface area contributed by atoms with Crippen LogP contribution in [0.25, 0.3) is 0 Å². The smallest absolute Gasteiger partial charge is 0.188 e. The van der Waals surface area contributed by atoms with E-state index in [4.69, 9.17) is 21.1 Å². The summed E-state index contributed by atoms with van der Waals surface area (Å²) in [5.74, 6) is 0.541. The largest absolute Gasteiger partial charge is 0.464 e. The molecule has 0 aromatic carbocycles. The second kappa shape index (κ2) is 4.84. The number of ether oxygens (including phenoxy) is 2. The van der Waals surface area contributed by atoms with Crippen molar-refractivity contribution in [2.45, 2.75) is 0 Å². The number of pyridine rings is 1. The van der Waals surface area contributed by atoms with Gasteiger partial charge in [-0.15, -0.1) is 0 Å². The van der Waals surface area contributed by atoms with Crippen molar-refractivity contribution in [2.24, 2.45) is 0 Å². The van der Waals surface area contributed by atoms with Crippen molar-refractivity contribution in [3.05, 3.63) is 21.0 Å². The molecule has 1 heterocycles. The Balaban J connectivity index is 2.72. The van der Waals surface area contributed by atoms with Crippen molar-refractivity contribution in [1.29, 1.82) is 0 Å². The standard InChI is InChI=1S/C7H7ClINO2/c1-11-4-12-5-2-3-6(9)10-7(5)8/h2-3H,4H2,1H3. The molecule has 0 saturated heterocycles. The fourth-order valence-electron chi connectivity index (χ4n) is 0.629. The van der Waals surface area contributed by atoms with E-state index in [1.54, 1.807) is 13.2 Å². The zero-order valence-corrected chi connectivity index (χ0v) is 9.29. The van der Waals surface area contributed by atoms with Crippen LogP contribution in [0.5, 0.6) is 5.75 Å². The van der Waals surface area contributed by atoms with Gasteiger partial charge in [-0.25, -0.2) is 4.98 Å². The fraction of sp³-hybridized carbons (Fsp3) is 0.286. The molecular formula is C7H7ClINO2. The van der Waals surface area contributed by atoms with Crippen LogP contribution in [0, 0.1) is 3.70 Å². The summed E-state index contributed by atoms with van der Waals surface area (Å²) >= 11 is 7.85. The van der Waals surface area contributed by atoms with Crippen molar-refractivity contribution < 1.29 is 9.47 Å². The zero-order chi connectivity index (χ0) is 8.97. The van der Waals surface area contributed by atoms with E-state index < -0.39 is 0 Å². The Morgan fingerprint density at radius 1 is 1.58 bits per heavy atom. The van der Waals surface area contributed by atoms with E-state index in [1.807, 2.05) is 6.07 Å². The van der Waals surface area contributed by atoms with E-state index >= 15 is 0 Å². The lowest BCUT2D eigenvalue weighted by Crippen LogP contribution is -2.00. The molecular weight excluding hydrogens is 292 g/mol. The Bertz CT molecular complexity index is 270. The molecule has 0 spiro atoms. The summed E-state index contributed by atoms with van der Waals surface area (Å²) in [5, 5.41) is 0.360. The first-order valence-corrected chi connectivity index (χ1v) is 4.63. The molecule has 1 aromatic rings. The molecule has 0 amide bonds. The monoisotopic (exact) mass is 299 g/mol. The average Bonchev–Trinajstić information content (AvgIpc) is 2.03. The lowest BCUT2D eigenvalue weighted by Gasteiger charge is -2.05. The maximum absolute atomic E-state index is 5.77. The summed E-state index contributed by atoms with van der Waals surface area (Å²) in [6, 6.07) is 3.58. The molecule has 1 rings (SSSR count). The van der Waals surface area contributed by atoms with E-state index in [-0.39, 0.29) is 6.79 Å². The normalized spacial score (nSPS) is 9.92. The van der Waals surface area contributed by atoms with Crippen LogP contribution in [0.2, 0.25) is 5.15 Å². The first-order chi connectivity index (χ1) is 5.74. The van der Waals surface area contributed by atoms with Crippen molar-refractivity contribution in [1.82, 2.24) is 4.98 Å². The predicted octanol–water partition coefficient (Wildman–Crippen LogP) is 2.32. The SMILES string of the molecule is COCOc1ccc(I)nc1Cl. The van der Waals surface area contributed by atoms with Crippen LogP contribution in [0.4, 0.5) is 0 Å². The molecule has 0 saturated carbocycles. The second-order valence-corrected chi connectivity index (χ2v) is 3.44. The number of aromatic nitrogens is 1. The number of rotatable bonds is 3. The summed E-state index contributed by atoms with van der Waals surface area (Å²) < 4.78 is 10.7. The lowest BCUT2D eigenvalue weighted by molar-refractivity contribution is 0.0509. The molecule has 0 bridgehead atoms. The van der Waals surface area contributed by atoms with Crippen LogP contribution in [-0.2, 0) is 4.74 Å². The molecule has 0 atom stereocenters. The summed E-state index contributed by atoms with van der Waals surface area (Å²) in [6.45, 7) is 0.183. The maximum atomic E-state index is 5.77. The van der Waals surface area contributed by atoms with Gasteiger partial charge in [0.25, 0.3) is 0 Å². The van der Waals surface area contributed by atoms with Crippen LogP contribution in [-0.4, -0.2) is 18.9 Å². The lowest BCUT2D eigenvalue weighted by atomic mass is 10.5. The third-order valence-corrected chi connectivity index (χ3v) is 1.98. The zero-order valence-electron chi connectivity index (χ0n) is 6.38. The minimum absolute atomic E-state index is 0.183. The van der Waals surface area contributed by atoms with Gasteiger partial charge in [-0.1, -0.05) is 11.6 Å². The average molecular weight is 299 g/mol. The molecule has 12 heavy (non-hydrogen) atoms. The highest BCUT2D eigenvalue weighted by molar-refractivity contribution is 14.1. The van der Waals surface area contributed by atoms with Gasteiger partial charge >= 0.3 is 0 Å². The van der Waals surface area contributed by atoms with Gasteiger partial charge in [0.15, 0.2) is 17.7 Å². The molecule has 0 unspecified atom stereocenters. The first-order valence-electron chi connectivity index (χ1n) is 3.18. The highest BCUT2D eigenvalue weighted by Crippen LogP contribution is 2.22. The molecule has 1 aromatic heterocycles. The van der Waals surface area contributed by atoms with E-state index in [0.29, 0.717) is 10.9 Å². The van der Waals surface area contributed by atoms with Crippen LogP contribution in [0.15, 0.2) is 12.1 Å². The van der Waals surface area contributed by atoms with Gasteiger partial charge in [-0.3, -0.25) is 0 Å². The summed E-state index contributed by atoms with van der Waals surface area (Å²) in [7, 11) is 1.55. The van der Waals surface area contributed by atoms with Crippen molar-refractivity contribution in [3.8, 4) is 5.75 Å². The highest BCUT2D eigenvalue weighted by atomic mass is 127. The summed E-state index contributed by atoms with van der Waals surface area (Å²) in [5.41, 5.74) is 0. The van der Waals surface area contributed by atoms with Gasteiger partial charge in [0.2, 0.25) is 0 Å². The highest BCUT2D eigenvalue weighted by Gasteiger charge is 2.02. The Kier molecular flexibility index (Phi) is 4.03. The Hall–Kier alpha value is -0.0700. The summed E-state index contributed by atoms with van der Waals surface area (Å²) in [6.07, 6.45) is 0. The quantitative estimate of drug-likeness (QED) is 0.488. The number of hydrogen-bond donors (Lipinski definition) is 0. The molecule has 0 fully saturated rings. The van der Waals surface area contributed by atoms with Gasteiger partial charge < -0.3 is 9.47 Å². The Morgan fingerprint density at radius 3 is 2.92 bits per heavy atom. The predicted molar refractivity (Wildman–Crippen MR) is 54.5 cm³/mol. The van der Waals surface area contributed by atoms with Gasteiger partial charge in [-0.2, -0.15) is 0 Å². The number of halogens is 2. The van der Waals surface area contributed by atoms with Gasteiger partial charge in [0, 0.05) is 7.11 Å². The maximum Gasteiger partial charge on any atom is 0.188 e. The van der Waals surface area contributed by atoms with Crippen LogP contribution >= 0.6 is 34.2 Å². The summed E-state index contributed by atoms with van der Waals surface area (Å²) in [4.78, 5) is 4.00. The number of methoxy groups -OCH3 is 1. The third kappa shape index (κ3) is 2.76. The Labute approximate surface area is 89.2 Å². The Morgan fingerprint density at radius 2 is 2.33 bits per heavy atom. The molecule has 66 valence electrons.